The van der Waals surface area contributed by atoms with Gasteiger partial charge in [-0.2, -0.15) is 0 Å². The van der Waals surface area contributed by atoms with E-state index < -0.39 is 5.97 Å². The number of hydrogen-bond donors (Lipinski definition) is 2. The van der Waals surface area contributed by atoms with Crippen LogP contribution in [0.4, 0.5) is 5.69 Å². The molecule has 0 saturated carbocycles. The SMILES string of the molecule is CCCC(Nc1ccc(C(=O)O)cc1C)c1cccs1. The molecule has 0 bridgehead atoms. The van der Waals surface area contributed by atoms with Crippen molar-refractivity contribution in [1.82, 2.24) is 0 Å². The van der Waals surface area contributed by atoms with E-state index in [2.05, 4.69) is 29.8 Å². The first-order valence-electron chi connectivity index (χ1n) is 6.75. The van der Waals surface area contributed by atoms with Crippen LogP contribution in [0.2, 0.25) is 0 Å². The van der Waals surface area contributed by atoms with Gasteiger partial charge in [-0.15, -0.1) is 11.3 Å². The van der Waals surface area contributed by atoms with Crippen LogP contribution in [-0.4, -0.2) is 11.1 Å². The lowest BCUT2D eigenvalue weighted by Gasteiger charge is -2.20. The van der Waals surface area contributed by atoms with Gasteiger partial charge in [-0.05, 0) is 48.6 Å². The third-order valence-electron chi connectivity index (χ3n) is 3.27. The first kappa shape index (κ1) is 14.6. The molecule has 0 fully saturated rings. The number of aryl methyl sites for hydroxylation is 1. The Balaban J connectivity index is 2.21. The molecule has 0 aliphatic carbocycles. The Labute approximate surface area is 123 Å². The highest BCUT2D eigenvalue weighted by molar-refractivity contribution is 7.10. The first-order chi connectivity index (χ1) is 9.61. The van der Waals surface area contributed by atoms with Crippen molar-refractivity contribution < 1.29 is 9.90 Å². The van der Waals surface area contributed by atoms with Gasteiger partial charge in [-0.1, -0.05) is 19.4 Å². The molecule has 1 aromatic carbocycles. The van der Waals surface area contributed by atoms with Gasteiger partial charge in [0.05, 0.1) is 11.6 Å². The van der Waals surface area contributed by atoms with E-state index in [0.29, 0.717) is 5.56 Å². The molecule has 20 heavy (non-hydrogen) atoms. The zero-order valence-corrected chi connectivity index (χ0v) is 12.5. The summed E-state index contributed by atoms with van der Waals surface area (Å²) in [5, 5.41) is 14.6. The monoisotopic (exact) mass is 289 g/mol. The maximum atomic E-state index is 11.0. The van der Waals surface area contributed by atoms with E-state index in [9.17, 15) is 4.79 Å². The van der Waals surface area contributed by atoms with Crippen LogP contribution in [-0.2, 0) is 0 Å². The number of carboxylic acid groups (broad SMARTS) is 1. The van der Waals surface area contributed by atoms with Crippen molar-refractivity contribution in [3.05, 3.63) is 51.7 Å². The van der Waals surface area contributed by atoms with Gasteiger partial charge in [0.15, 0.2) is 0 Å². The van der Waals surface area contributed by atoms with E-state index >= 15 is 0 Å². The van der Waals surface area contributed by atoms with Crippen LogP contribution >= 0.6 is 11.3 Å². The van der Waals surface area contributed by atoms with Crippen LogP contribution in [0.5, 0.6) is 0 Å². The zero-order chi connectivity index (χ0) is 14.5. The van der Waals surface area contributed by atoms with Gasteiger partial charge in [0.25, 0.3) is 0 Å². The zero-order valence-electron chi connectivity index (χ0n) is 11.7. The van der Waals surface area contributed by atoms with Gasteiger partial charge in [0.2, 0.25) is 0 Å². The summed E-state index contributed by atoms with van der Waals surface area (Å²) in [6, 6.07) is 9.70. The summed E-state index contributed by atoms with van der Waals surface area (Å²) in [5.74, 6) is -0.886. The summed E-state index contributed by atoms with van der Waals surface area (Å²) in [7, 11) is 0. The molecule has 3 nitrogen and oxygen atoms in total. The van der Waals surface area contributed by atoms with Crippen molar-refractivity contribution >= 4 is 23.0 Å². The number of anilines is 1. The molecule has 0 saturated heterocycles. The van der Waals surface area contributed by atoms with Crippen molar-refractivity contribution in [2.24, 2.45) is 0 Å². The molecule has 0 radical (unpaired) electrons. The molecule has 0 aliphatic heterocycles. The predicted molar refractivity (Wildman–Crippen MR) is 83.7 cm³/mol. The highest BCUT2D eigenvalue weighted by Gasteiger charge is 2.13. The molecular formula is C16H19NO2S. The quantitative estimate of drug-likeness (QED) is 0.809. The van der Waals surface area contributed by atoms with E-state index in [0.717, 1.165) is 24.1 Å². The molecule has 1 atom stereocenters. The summed E-state index contributed by atoms with van der Waals surface area (Å²) in [6.07, 6.45) is 2.16. The molecule has 4 heteroatoms. The third-order valence-corrected chi connectivity index (χ3v) is 4.25. The Morgan fingerprint density at radius 2 is 2.20 bits per heavy atom. The van der Waals surface area contributed by atoms with Crippen molar-refractivity contribution in [1.29, 1.82) is 0 Å². The van der Waals surface area contributed by atoms with Gasteiger partial charge >= 0.3 is 5.97 Å². The average molecular weight is 289 g/mol. The largest absolute Gasteiger partial charge is 0.478 e. The maximum absolute atomic E-state index is 11.0. The van der Waals surface area contributed by atoms with Gasteiger partial charge < -0.3 is 10.4 Å². The van der Waals surface area contributed by atoms with Crippen LogP contribution in [0.25, 0.3) is 0 Å². The molecule has 0 aliphatic rings. The molecule has 2 N–H and O–H groups in total. The molecule has 0 spiro atoms. The highest BCUT2D eigenvalue weighted by Crippen LogP contribution is 2.29. The lowest BCUT2D eigenvalue weighted by Crippen LogP contribution is -2.10. The lowest BCUT2D eigenvalue weighted by atomic mass is 10.1. The molecule has 1 aromatic heterocycles. The number of hydrogen-bond acceptors (Lipinski definition) is 3. The van der Waals surface area contributed by atoms with Crippen LogP contribution in [0.3, 0.4) is 0 Å². The van der Waals surface area contributed by atoms with Crippen molar-refractivity contribution in [2.75, 3.05) is 5.32 Å². The molecule has 106 valence electrons. The number of aromatic carboxylic acids is 1. The van der Waals surface area contributed by atoms with E-state index in [1.807, 2.05) is 13.0 Å². The lowest BCUT2D eigenvalue weighted by molar-refractivity contribution is 0.0697. The van der Waals surface area contributed by atoms with Crippen molar-refractivity contribution in [3.63, 3.8) is 0 Å². The third kappa shape index (κ3) is 3.39. The van der Waals surface area contributed by atoms with Gasteiger partial charge in [0, 0.05) is 10.6 Å². The smallest absolute Gasteiger partial charge is 0.335 e. The van der Waals surface area contributed by atoms with Gasteiger partial charge in [-0.3, -0.25) is 0 Å². The minimum Gasteiger partial charge on any atom is -0.478 e. The highest BCUT2D eigenvalue weighted by atomic mass is 32.1. The second-order valence-corrected chi connectivity index (χ2v) is 5.82. The predicted octanol–water partition coefficient (Wildman–Crippen LogP) is 4.71. The van der Waals surface area contributed by atoms with Crippen LogP contribution in [0, 0.1) is 6.92 Å². The van der Waals surface area contributed by atoms with E-state index in [4.69, 9.17) is 5.11 Å². The molecular weight excluding hydrogens is 270 g/mol. The van der Waals surface area contributed by atoms with Crippen LogP contribution < -0.4 is 5.32 Å². The number of carboxylic acids is 1. The molecule has 0 amide bonds. The van der Waals surface area contributed by atoms with E-state index in [-0.39, 0.29) is 6.04 Å². The van der Waals surface area contributed by atoms with E-state index in [1.165, 1.54) is 4.88 Å². The fourth-order valence-electron chi connectivity index (χ4n) is 2.21. The maximum Gasteiger partial charge on any atom is 0.335 e. The summed E-state index contributed by atoms with van der Waals surface area (Å²) in [4.78, 5) is 12.3. The number of nitrogens with one attached hydrogen (secondary N) is 1. The van der Waals surface area contributed by atoms with Crippen LogP contribution in [0.1, 0.15) is 46.6 Å². The standard InChI is InChI=1S/C16H19NO2S/c1-3-5-14(15-6-4-9-20-15)17-13-8-7-12(16(18)19)10-11(13)2/h4,6-10,14,17H,3,5H2,1-2H3,(H,18,19). The van der Waals surface area contributed by atoms with Crippen molar-refractivity contribution in [2.45, 2.75) is 32.7 Å². The van der Waals surface area contributed by atoms with Gasteiger partial charge in [0.1, 0.15) is 0 Å². The molecule has 2 aromatic rings. The number of carbonyl (C=O) groups is 1. The Kier molecular flexibility index (Phi) is 4.79. The Bertz CT molecular complexity index is 578. The van der Waals surface area contributed by atoms with Crippen molar-refractivity contribution in [3.8, 4) is 0 Å². The number of thiophene rings is 1. The minimum absolute atomic E-state index is 0.286. The normalized spacial score (nSPS) is 12.1. The second-order valence-electron chi connectivity index (χ2n) is 4.84. The molecule has 1 heterocycles. The number of rotatable bonds is 6. The molecule has 1 unspecified atom stereocenters. The van der Waals surface area contributed by atoms with Gasteiger partial charge in [-0.25, -0.2) is 4.79 Å². The average Bonchev–Trinajstić information content (AvgIpc) is 2.94. The first-order valence-corrected chi connectivity index (χ1v) is 7.63. The topological polar surface area (TPSA) is 49.3 Å². The Hall–Kier alpha value is -1.81. The summed E-state index contributed by atoms with van der Waals surface area (Å²) < 4.78 is 0. The Morgan fingerprint density at radius 3 is 2.75 bits per heavy atom. The summed E-state index contributed by atoms with van der Waals surface area (Å²) >= 11 is 1.75. The minimum atomic E-state index is -0.886. The molecule has 2 rings (SSSR count). The Morgan fingerprint density at radius 1 is 1.40 bits per heavy atom. The van der Waals surface area contributed by atoms with Crippen LogP contribution in [0.15, 0.2) is 35.7 Å². The fourth-order valence-corrected chi connectivity index (χ4v) is 3.02. The number of benzene rings is 1. The van der Waals surface area contributed by atoms with E-state index in [1.54, 1.807) is 23.5 Å². The second kappa shape index (κ2) is 6.57. The fraction of sp³-hybridized carbons (Fsp3) is 0.312. The summed E-state index contributed by atoms with van der Waals surface area (Å²) in [5.41, 5.74) is 2.29. The summed E-state index contributed by atoms with van der Waals surface area (Å²) in [6.45, 7) is 4.11.